The minimum Gasteiger partial charge on any atom is -0.395 e. The highest BCUT2D eigenvalue weighted by molar-refractivity contribution is 9.10. The molecule has 1 aliphatic heterocycles. The summed E-state index contributed by atoms with van der Waals surface area (Å²) in [5, 5.41) is 19.5. The molecule has 2 atom stereocenters. The number of aliphatic hydroxyl groups is 2. The molecule has 0 aromatic heterocycles. The molecule has 1 aromatic rings. The molecule has 1 saturated heterocycles. The van der Waals surface area contributed by atoms with Gasteiger partial charge in [0, 0.05) is 17.6 Å². The molecule has 106 valence electrons. The zero-order chi connectivity index (χ0) is 13.7. The van der Waals surface area contributed by atoms with Gasteiger partial charge in [0.25, 0.3) is 0 Å². The Kier molecular flexibility index (Phi) is 5.78. The Hall–Kier alpha value is -0.460. The average molecular weight is 330 g/mol. The van der Waals surface area contributed by atoms with Crippen molar-refractivity contribution in [2.45, 2.75) is 18.6 Å². The van der Waals surface area contributed by atoms with Crippen molar-refractivity contribution in [1.29, 1.82) is 0 Å². The average Bonchev–Trinajstić information content (AvgIpc) is 2.45. The number of halogens is 1. The van der Waals surface area contributed by atoms with Crippen LogP contribution in [0.25, 0.3) is 0 Å². The SMILES string of the molecule is OCC1COCCN1CCC(O)c1cccc(Br)c1. The normalized spacial score (nSPS) is 22.4. The number of benzene rings is 1. The van der Waals surface area contributed by atoms with Gasteiger partial charge in [0.1, 0.15) is 0 Å². The van der Waals surface area contributed by atoms with Crippen LogP contribution in [0.2, 0.25) is 0 Å². The summed E-state index contributed by atoms with van der Waals surface area (Å²) >= 11 is 3.41. The van der Waals surface area contributed by atoms with E-state index in [1.54, 1.807) is 0 Å². The quantitative estimate of drug-likeness (QED) is 0.860. The van der Waals surface area contributed by atoms with Gasteiger partial charge in [0.2, 0.25) is 0 Å². The van der Waals surface area contributed by atoms with Crippen molar-refractivity contribution >= 4 is 15.9 Å². The number of nitrogens with zero attached hydrogens (tertiary/aromatic N) is 1. The van der Waals surface area contributed by atoms with Crippen LogP contribution >= 0.6 is 15.9 Å². The maximum absolute atomic E-state index is 10.2. The van der Waals surface area contributed by atoms with Crippen LogP contribution in [0.15, 0.2) is 28.7 Å². The summed E-state index contributed by atoms with van der Waals surface area (Å²) in [6.07, 6.45) is 0.187. The number of hydrogen-bond donors (Lipinski definition) is 2. The summed E-state index contributed by atoms with van der Waals surface area (Å²) in [6, 6.07) is 7.79. The lowest BCUT2D eigenvalue weighted by Gasteiger charge is -2.34. The van der Waals surface area contributed by atoms with Gasteiger partial charge in [-0.25, -0.2) is 0 Å². The molecule has 2 unspecified atom stereocenters. The van der Waals surface area contributed by atoms with Gasteiger partial charge >= 0.3 is 0 Å². The molecule has 0 radical (unpaired) electrons. The van der Waals surface area contributed by atoms with E-state index in [1.165, 1.54) is 0 Å². The lowest BCUT2D eigenvalue weighted by Crippen LogP contribution is -2.48. The van der Waals surface area contributed by atoms with Gasteiger partial charge in [0.15, 0.2) is 0 Å². The summed E-state index contributed by atoms with van der Waals surface area (Å²) < 4.78 is 6.32. The molecule has 4 nitrogen and oxygen atoms in total. The largest absolute Gasteiger partial charge is 0.395 e. The van der Waals surface area contributed by atoms with E-state index >= 15 is 0 Å². The highest BCUT2D eigenvalue weighted by Crippen LogP contribution is 2.21. The first-order chi connectivity index (χ1) is 9.20. The second kappa shape index (κ2) is 7.36. The summed E-state index contributed by atoms with van der Waals surface area (Å²) in [4.78, 5) is 2.19. The van der Waals surface area contributed by atoms with Crippen molar-refractivity contribution in [3.05, 3.63) is 34.3 Å². The van der Waals surface area contributed by atoms with Crippen molar-refractivity contribution in [3.63, 3.8) is 0 Å². The van der Waals surface area contributed by atoms with Crippen LogP contribution in [0, 0.1) is 0 Å². The lowest BCUT2D eigenvalue weighted by atomic mass is 10.1. The maximum Gasteiger partial charge on any atom is 0.0802 e. The van der Waals surface area contributed by atoms with E-state index in [0.29, 0.717) is 19.6 Å². The monoisotopic (exact) mass is 329 g/mol. The predicted molar refractivity (Wildman–Crippen MR) is 77.0 cm³/mol. The van der Waals surface area contributed by atoms with E-state index in [-0.39, 0.29) is 12.6 Å². The van der Waals surface area contributed by atoms with Crippen LogP contribution in [0.1, 0.15) is 18.1 Å². The third-order valence-electron chi connectivity index (χ3n) is 3.48. The Labute approximate surface area is 122 Å². The standard InChI is InChI=1S/C14H20BrNO3/c15-12-3-1-2-11(8-12)14(18)4-5-16-6-7-19-10-13(16)9-17/h1-3,8,13-14,17-18H,4-7,9-10H2. The van der Waals surface area contributed by atoms with Gasteiger partial charge in [-0.3, -0.25) is 4.90 Å². The van der Waals surface area contributed by atoms with Crippen molar-refractivity contribution in [3.8, 4) is 0 Å². The molecule has 0 spiro atoms. The third-order valence-corrected chi connectivity index (χ3v) is 3.98. The molecule has 0 bridgehead atoms. The molecule has 1 aromatic carbocycles. The van der Waals surface area contributed by atoms with Crippen LogP contribution in [0.3, 0.4) is 0 Å². The first-order valence-electron chi connectivity index (χ1n) is 6.57. The third kappa shape index (κ3) is 4.26. The molecule has 19 heavy (non-hydrogen) atoms. The lowest BCUT2D eigenvalue weighted by molar-refractivity contribution is -0.0321. The van der Waals surface area contributed by atoms with Crippen LogP contribution in [0.5, 0.6) is 0 Å². The van der Waals surface area contributed by atoms with Crippen molar-refractivity contribution in [2.75, 3.05) is 32.9 Å². The van der Waals surface area contributed by atoms with Crippen molar-refractivity contribution in [1.82, 2.24) is 4.90 Å². The highest BCUT2D eigenvalue weighted by Gasteiger charge is 2.22. The van der Waals surface area contributed by atoms with Crippen LogP contribution in [0.4, 0.5) is 0 Å². The zero-order valence-electron chi connectivity index (χ0n) is 10.8. The number of aliphatic hydroxyl groups excluding tert-OH is 2. The predicted octanol–water partition coefficient (Wildman–Crippen LogP) is 1.57. The smallest absolute Gasteiger partial charge is 0.0802 e. The molecule has 0 amide bonds. The number of hydrogen-bond acceptors (Lipinski definition) is 4. The highest BCUT2D eigenvalue weighted by atomic mass is 79.9. The van der Waals surface area contributed by atoms with E-state index in [9.17, 15) is 10.2 Å². The summed E-state index contributed by atoms with van der Waals surface area (Å²) in [5.41, 5.74) is 0.920. The van der Waals surface area contributed by atoms with E-state index in [1.807, 2.05) is 24.3 Å². The minimum absolute atomic E-state index is 0.0588. The molecule has 1 fully saturated rings. The number of morpholine rings is 1. The van der Waals surface area contributed by atoms with Gasteiger partial charge in [-0.05, 0) is 24.1 Å². The fourth-order valence-electron chi connectivity index (χ4n) is 2.32. The maximum atomic E-state index is 10.2. The Balaban J connectivity index is 1.87. The second-order valence-electron chi connectivity index (χ2n) is 4.81. The first kappa shape index (κ1) is 14.9. The van der Waals surface area contributed by atoms with Gasteiger partial charge in [-0.1, -0.05) is 28.1 Å². The van der Waals surface area contributed by atoms with Crippen LogP contribution in [-0.2, 0) is 4.74 Å². The number of ether oxygens (including phenoxy) is 1. The first-order valence-corrected chi connectivity index (χ1v) is 7.36. The minimum atomic E-state index is -0.473. The summed E-state index contributed by atoms with van der Waals surface area (Å²) in [6.45, 7) is 2.96. The molecule has 1 aliphatic rings. The Morgan fingerprint density at radius 3 is 3.05 bits per heavy atom. The number of rotatable bonds is 5. The molecular weight excluding hydrogens is 310 g/mol. The van der Waals surface area contributed by atoms with E-state index in [0.717, 1.165) is 23.1 Å². The van der Waals surface area contributed by atoms with Gasteiger partial charge in [-0.15, -0.1) is 0 Å². The topological polar surface area (TPSA) is 52.9 Å². The van der Waals surface area contributed by atoms with Gasteiger partial charge in [0.05, 0.1) is 32.0 Å². The second-order valence-corrected chi connectivity index (χ2v) is 5.72. The fourth-order valence-corrected chi connectivity index (χ4v) is 2.74. The van der Waals surface area contributed by atoms with Gasteiger partial charge in [-0.2, -0.15) is 0 Å². The van der Waals surface area contributed by atoms with Crippen LogP contribution in [-0.4, -0.2) is 54.1 Å². The molecule has 0 saturated carbocycles. The zero-order valence-corrected chi connectivity index (χ0v) is 12.4. The molecule has 1 heterocycles. The van der Waals surface area contributed by atoms with Crippen LogP contribution < -0.4 is 0 Å². The molecule has 5 heteroatoms. The van der Waals surface area contributed by atoms with Crippen molar-refractivity contribution in [2.24, 2.45) is 0 Å². The Bertz CT molecular complexity index is 402. The Morgan fingerprint density at radius 1 is 1.47 bits per heavy atom. The van der Waals surface area contributed by atoms with E-state index in [2.05, 4.69) is 20.8 Å². The van der Waals surface area contributed by atoms with E-state index < -0.39 is 6.10 Å². The fraction of sp³-hybridized carbons (Fsp3) is 0.571. The molecule has 2 rings (SSSR count). The molecular formula is C14H20BrNO3. The summed E-state index contributed by atoms with van der Waals surface area (Å²) in [7, 11) is 0. The molecule has 0 aliphatic carbocycles. The van der Waals surface area contributed by atoms with Gasteiger partial charge < -0.3 is 14.9 Å². The van der Waals surface area contributed by atoms with Crippen molar-refractivity contribution < 1.29 is 14.9 Å². The van der Waals surface area contributed by atoms with E-state index in [4.69, 9.17) is 4.74 Å². The molecule has 2 N–H and O–H groups in total. The Morgan fingerprint density at radius 2 is 2.32 bits per heavy atom. The summed E-state index contributed by atoms with van der Waals surface area (Å²) in [5.74, 6) is 0.